The van der Waals surface area contributed by atoms with Crippen LogP contribution < -0.4 is 14.8 Å². The van der Waals surface area contributed by atoms with Crippen molar-refractivity contribution in [2.24, 2.45) is 0 Å². The number of benzene rings is 2. The molecular weight excluding hydrogens is 377 g/mol. The lowest BCUT2D eigenvalue weighted by atomic mass is 10.1. The normalized spacial score (nSPS) is 10.8. The van der Waals surface area contributed by atoms with Crippen molar-refractivity contribution in [3.05, 3.63) is 53.6 Å². The lowest BCUT2D eigenvalue weighted by Crippen LogP contribution is -2.21. The molecule has 9 heteroatoms. The maximum Gasteiger partial charge on any atom is 0.416 e. The van der Waals surface area contributed by atoms with Crippen LogP contribution in [0.15, 0.2) is 42.5 Å². The number of alkyl halides is 3. The lowest BCUT2D eigenvalue weighted by molar-refractivity contribution is -0.137. The van der Waals surface area contributed by atoms with Gasteiger partial charge >= 0.3 is 6.18 Å². The van der Waals surface area contributed by atoms with Crippen molar-refractivity contribution in [3.8, 4) is 17.6 Å². The van der Waals surface area contributed by atoms with Crippen molar-refractivity contribution < 1.29 is 32.2 Å². The highest BCUT2D eigenvalue weighted by Crippen LogP contribution is 2.35. The van der Waals surface area contributed by atoms with Gasteiger partial charge in [-0.3, -0.25) is 4.79 Å². The van der Waals surface area contributed by atoms with Crippen molar-refractivity contribution in [1.82, 2.24) is 0 Å². The second-order valence-corrected chi connectivity index (χ2v) is 5.52. The van der Waals surface area contributed by atoms with E-state index in [2.05, 4.69) is 5.32 Å². The van der Waals surface area contributed by atoms with Crippen molar-refractivity contribution in [3.63, 3.8) is 0 Å². The Morgan fingerprint density at radius 1 is 1.11 bits per heavy atom. The van der Waals surface area contributed by atoms with E-state index in [0.717, 1.165) is 18.2 Å². The predicted molar refractivity (Wildman–Crippen MR) is 94.1 cm³/mol. The summed E-state index contributed by atoms with van der Waals surface area (Å²) in [6.07, 6.45) is -4.57. The fourth-order valence-electron chi connectivity index (χ4n) is 2.13. The molecule has 0 radical (unpaired) electrons. The number of nitrogens with one attached hydrogen (secondary N) is 1. The molecule has 0 aromatic heterocycles. The summed E-state index contributed by atoms with van der Waals surface area (Å²) in [5.74, 6) is -0.244. The molecule has 0 aliphatic rings. The summed E-state index contributed by atoms with van der Waals surface area (Å²) in [7, 11) is 1.46. The molecule has 28 heavy (non-hydrogen) atoms. The van der Waals surface area contributed by atoms with E-state index in [9.17, 15) is 18.0 Å². The van der Waals surface area contributed by atoms with Crippen LogP contribution in [-0.2, 0) is 15.7 Å². The van der Waals surface area contributed by atoms with Gasteiger partial charge in [0.2, 0.25) is 0 Å². The first-order chi connectivity index (χ1) is 13.3. The van der Waals surface area contributed by atoms with E-state index in [4.69, 9.17) is 19.5 Å². The van der Waals surface area contributed by atoms with Gasteiger partial charge in [-0.2, -0.15) is 18.4 Å². The Labute approximate surface area is 159 Å². The Bertz CT molecular complexity index is 846. The molecule has 0 saturated carbocycles. The highest BCUT2D eigenvalue weighted by molar-refractivity contribution is 5.93. The smallest absolute Gasteiger partial charge is 0.416 e. The molecule has 0 aliphatic carbocycles. The van der Waals surface area contributed by atoms with E-state index in [0.29, 0.717) is 11.3 Å². The van der Waals surface area contributed by atoms with E-state index < -0.39 is 24.3 Å². The monoisotopic (exact) mass is 394 g/mol. The number of methoxy groups -OCH3 is 1. The Morgan fingerprint density at radius 3 is 2.43 bits per heavy atom. The Hall–Kier alpha value is -3.25. The molecular formula is C19H17F3N2O4. The Morgan fingerprint density at radius 2 is 1.82 bits per heavy atom. The Balaban J connectivity index is 2.07. The SMILES string of the molecule is COCCOc1ccc(C(F)(F)F)cc1NC(=O)COc1ccc(C#N)cc1. The van der Waals surface area contributed by atoms with E-state index in [1.807, 2.05) is 6.07 Å². The van der Waals surface area contributed by atoms with Crippen molar-refractivity contribution in [2.45, 2.75) is 6.18 Å². The van der Waals surface area contributed by atoms with Gasteiger partial charge in [-0.25, -0.2) is 0 Å². The molecule has 0 unspecified atom stereocenters. The first-order valence-electron chi connectivity index (χ1n) is 8.09. The van der Waals surface area contributed by atoms with Crippen molar-refractivity contribution in [2.75, 3.05) is 32.2 Å². The van der Waals surface area contributed by atoms with Gasteiger partial charge in [0, 0.05) is 7.11 Å². The summed E-state index contributed by atoms with van der Waals surface area (Å²) in [6, 6.07) is 10.8. The first kappa shape index (κ1) is 21.1. The van der Waals surface area contributed by atoms with Gasteiger partial charge in [-0.1, -0.05) is 0 Å². The third-order valence-corrected chi connectivity index (χ3v) is 3.48. The molecule has 0 atom stereocenters. The van der Waals surface area contributed by atoms with Crippen LogP contribution in [0.2, 0.25) is 0 Å². The molecule has 0 bridgehead atoms. The third-order valence-electron chi connectivity index (χ3n) is 3.48. The van der Waals surface area contributed by atoms with Crippen molar-refractivity contribution in [1.29, 1.82) is 5.26 Å². The van der Waals surface area contributed by atoms with Crippen LogP contribution in [0.1, 0.15) is 11.1 Å². The molecule has 0 fully saturated rings. The van der Waals surface area contributed by atoms with Crippen LogP contribution in [0.25, 0.3) is 0 Å². The minimum atomic E-state index is -4.57. The van der Waals surface area contributed by atoms with Crippen LogP contribution in [0.5, 0.6) is 11.5 Å². The largest absolute Gasteiger partial charge is 0.489 e. The number of hydrogen-bond acceptors (Lipinski definition) is 5. The average molecular weight is 394 g/mol. The highest BCUT2D eigenvalue weighted by Gasteiger charge is 2.31. The van der Waals surface area contributed by atoms with Gasteiger partial charge in [-0.05, 0) is 42.5 Å². The van der Waals surface area contributed by atoms with Gasteiger partial charge in [0.05, 0.1) is 29.5 Å². The highest BCUT2D eigenvalue weighted by atomic mass is 19.4. The molecule has 0 heterocycles. The van der Waals surface area contributed by atoms with E-state index in [1.54, 1.807) is 0 Å². The van der Waals surface area contributed by atoms with Crippen LogP contribution in [0.4, 0.5) is 18.9 Å². The summed E-state index contributed by atoms with van der Waals surface area (Å²) >= 11 is 0. The van der Waals surface area contributed by atoms with E-state index >= 15 is 0 Å². The molecule has 1 N–H and O–H groups in total. The molecule has 1 amide bonds. The Kier molecular flexibility index (Phi) is 7.23. The zero-order valence-corrected chi connectivity index (χ0v) is 14.9. The van der Waals surface area contributed by atoms with Crippen LogP contribution >= 0.6 is 0 Å². The van der Waals surface area contributed by atoms with Gasteiger partial charge in [0.15, 0.2) is 6.61 Å². The number of nitriles is 1. The van der Waals surface area contributed by atoms with Crippen LogP contribution in [0.3, 0.4) is 0 Å². The minimum absolute atomic E-state index is 0.0803. The number of anilines is 1. The maximum atomic E-state index is 13.0. The summed E-state index contributed by atoms with van der Waals surface area (Å²) in [6.45, 7) is -0.0949. The van der Waals surface area contributed by atoms with Crippen LogP contribution in [0, 0.1) is 11.3 Å². The van der Waals surface area contributed by atoms with E-state index in [1.165, 1.54) is 31.4 Å². The number of amides is 1. The number of rotatable bonds is 8. The molecule has 0 saturated heterocycles. The summed E-state index contributed by atoms with van der Waals surface area (Å²) in [4.78, 5) is 12.1. The lowest BCUT2D eigenvalue weighted by Gasteiger charge is -2.15. The summed E-state index contributed by atoms with van der Waals surface area (Å²) in [5, 5.41) is 11.1. The van der Waals surface area contributed by atoms with Gasteiger partial charge in [0.25, 0.3) is 5.91 Å². The third kappa shape index (κ3) is 6.17. The number of carbonyl (C=O) groups excluding carboxylic acids is 1. The number of nitrogens with zero attached hydrogens (tertiary/aromatic N) is 1. The second kappa shape index (κ2) is 9.62. The molecule has 6 nitrogen and oxygen atoms in total. The number of hydrogen-bond donors (Lipinski definition) is 1. The molecule has 0 spiro atoms. The minimum Gasteiger partial charge on any atom is -0.489 e. The molecule has 148 valence electrons. The van der Waals surface area contributed by atoms with Crippen molar-refractivity contribution >= 4 is 11.6 Å². The maximum absolute atomic E-state index is 13.0. The quantitative estimate of drug-likeness (QED) is 0.692. The van der Waals surface area contributed by atoms with Gasteiger partial charge < -0.3 is 19.5 Å². The molecule has 0 aliphatic heterocycles. The number of carbonyl (C=O) groups is 1. The number of ether oxygens (including phenoxy) is 3. The average Bonchev–Trinajstić information content (AvgIpc) is 2.67. The predicted octanol–water partition coefficient (Wildman–Crippen LogP) is 3.62. The zero-order valence-electron chi connectivity index (χ0n) is 14.9. The molecule has 2 aromatic rings. The topological polar surface area (TPSA) is 80.6 Å². The molecule has 2 rings (SSSR count). The summed E-state index contributed by atoms with van der Waals surface area (Å²) in [5.41, 5.74) is -0.618. The standard InChI is InChI=1S/C19H17F3N2O4/c1-26-8-9-27-17-7-4-14(19(20,21)22)10-16(17)24-18(25)12-28-15-5-2-13(11-23)3-6-15/h2-7,10H,8-9,12H2,1H3,(H,24,25). The van der Waals surface area contributed by atoms with Gasteiger partial charge in [0.1, 0.15) is 18.1 Å². The fraction of sp³-hybridized carbons (Fsp3) is 0.263. The fourth-order valence-corrected chi connectivity index (χ4v) is 2.13. The van der Waals surface area contributed by atoms with Crippen LogP contribution in [-0.4, -0.2) is 32.8 Å². The van der Waals surface area contributed by atoms with E-state index in [-0.39, 0.29) is 24.7 Å². The summed E-state index contributed by atoms with van der Waals surface area (Å²) < 4.78 is 54.3. The molecule has 2 aromatic carbocycles. The van der Waals surface area contributed by atoms with Gasteiger partial charge in [-0.15, -0.1) is 0 Å². The second-order valence-electron chi connectivity index (χ2n) is 5.52. The number of halogens is 3. The first-order valence-corrected chi connectivity index (χ1v) is 8.09. The zero-order chi connectivity index (χ0) is 20.6.